The van der Waals surface area contributed by atoms with E-state index in [0.717, 1.165) is 42.8 Å². The minimum Gasteiger partial charge on any atom is -0.356 e. The van der Waals surface area contributed by atoms with Gasteiger partial charge >= 0.3 is 0 Å². The smallest absolute Gasteiger partial charge is 0.289 e. The number of thioether (sulfide) groups is 1. The van der Waals surface area contributed by atoms with E-state index < -0.39 is 0 Å². The highest BCUT2D eigenvalue weighted by Crippen LogP contribution is 2.30. The Morgan fingerprint density at radius 1 is 1.27 bits per heavy atom. The third-order valence-electron chi connectivity index (χ3n) is 4.97. The predicted molar refractivity (Wildman–Crippen MR) is 96.6 cm³/mol. The van der Waals surface area contributed by atoms with Crippen LogP contribution in [0.1, 0.15) is 31.4 Å². The second kappa shape index (κ2) is 7.11. The summed E-state index contributed by atoms with van der Waals surface area (Å²) in [5.41, 5.74) is 1.24. The normalized spacial score (nSPS) is 23.6. The Bertz CT molecular complexity index is 849. The molecule has 1 saturated heterocycles. The lowest BCUT2D eigenvalue weighted by Crippen LogP contribution is -2.55. The van der Waals surface area contributed by atoms with E-state index in [1.807, 2.05) is 24.3 Å². The summed E-state index contributed by atoms with van der Waals surface area (Å²) in [6.07, 6.45) is 3.52. The van der Waals surface area contributed by atoms with E-state index in [4.69, 9.17) is 4.52 Å². The number of para-hydroxylation sites is 1. The average Bonchev–Trinajstić information content (AvgIpc) is 3.19. The summed E-state index contributed by atoms with van der Waals surface area (Å²) in [5.74, 6) is -0.137. The third kappa shape index (κ3) is 3.21. The van der Waals surface area contributed by atoms with Crippen molar-refractivity contribution >= 4 is 39.8 Å². The van der Waals surface area contributed by atoms with Crippen LogP contribution in [0.4, 0.5) is 4.79 Å². The van der Waals surface area contributed by atoms with E-state index in [9.17, 15) is 14.4 Å². The molecule has 1 aromatic heterocycles. The van der Waals surface area contributed by atoms with E-state index in [1.54, 1.807) is 0 Å². The van der Waals surface area contributed by atoms with Crippen molar-refractivity contribution in [1.82, 2.24) is 15.4 Å². The number of aromatic nitrogens is 1. The number of carbonyl (C=O) groups is 3. The third-order valence-corrected chi connectivity index (χ3v) is 5.81. The molecule has 0 radical (unpaired) electrons. The zero-order valence-corrected chi connectivity index (χ0v) is 15.0. The summed E-state index contributed by atoms with van der Waals surface area (Å²) >= 11 is 1.04. The molecule has 0 bridgehead atoms. The van der Waals surface area contributed by atoms with Gasteiger partial charge in [-0.05, 0) is 25.0 Å². The van der Waals surface area contributed by atoms with E-state index in [1.165, 1.54) is 4.90 Å². The SMILES string of the molecule is O=C(Cc1noc2ccccc12)N[C@H]1CCCC[C@@H]1N1C(=O)CSC1=O. The molecule has 1 aromatic carbocycles. The van der Waals surface area contributed by atoms with Crippen LogP contribution in [0, 0.1) is 0 Å². The number of fused-ring (bicyclic) bond motifs is 1. The van der Waals surface area contributed by atoms with Gasteiger partial charge in [-0.15, -0.1) is 0 Å². The number of hydrogen-bond donors (Lipinski definition) is 1. The largest absolute Gasteiger partial charge is 0.356 e. The number of benzene rings is 1. The highest BCUT2D eigenvalue weighted by atomic mass is 32.2. The first-order valence-electron chi connectivity index (χ1n) is 8.75. The molecule has 2 heterocycles. The van der Waals surface area contributed by atoms with Crippen LogP contribution >= 0.6 is 11.8 Å². The fourth-order valence-electron chi connectivity index (χ4n) is 3.75. The van der Waals surface area contributed by atoms with Crippen LogP contribution in [0.15, 0.2) is 28.8 Å². The van der Waals surface area contributed by atoms with Crippen LogP contribution in [0.5, 0.6) is 0 Å². The van der Waals surface area contributed by atoms with Gasteiger partial charge in [-0.25, -0.2) is 0 Å². The highest BCUT2D eigenvalue weighted by molar-refractivity contribution is 8.14. The zero-order valence-electron chi connectivity index (χ0n) is 14.1. The Morgan fingerprint density at radius 3 is 2.88 bits per heavy atom. The second-order valence-corrected chi connectivity index (χ2v) is 7.57. The van der Waals surface area contributed by atoms with Gasteiger partial charge in [-0.1, -0.05) is 41.9 Å². The minimum absolute atomic E-state index is 0.108. The summed E-state index contributed by atoms with van der Waals surface area (Å²) in [4.78, 5) is 38.0. The van der Waals surface area contributed by atoms with Crippen molar-refractivity contribution in [1.29, 1.82) is 0 Å². The lowest BCUT2D eigenvalue weighted by Gasteiger charge is -2.36. The molecule has 0 unspecified atom stereocenters. The van der Waals surface area contributed by atoms with Crippen molar-refractivity contribution in [3.05, 3.63) is 30.0 Å². The summed E-state index contributed by atoms with van der Waals surface area (Å²) in [5, 5.41) is 7.62. The molecule has 8 heteroatoms. The van der Waals surface area contributed by atoms with Gasteiger partial charge in [-0.2, -0.15) is 0 Å². The molecule has 26 heavy (non-hydrogen) atoms. The molecule has 1 saturated carbocycles. The Hall–Kier alpha value is -2.35. The van der Waals surface area contributed by atoms with Crippen molar-refractivity contribution in [2.45, 2.75) is 44.2 Å². The van der Waals surface area contributed by atoms with Gasteiger partial charge in [0.1, 0.15) is 5.69 Å². The molecule has 3 amide bonds. The van der Waals surface area contributed by atoms with E-state index >= 15 is 0 Å². The van der Waals surface area contributed by atoms with E-state index in [2.05, 4.69) is 10.5 Å². The number of rotatable bonds is 4. The number of imide groups is 1. The summed E-state index contributed by atoms with van der Waals surface area (Å²) in [7, 11) is 0. The van der Waals surface area contributed by atoms with E-state index in [-0.39, 0.29) is 41.3 Å². The van der Waals surface area contributed by atoms with Gasteiger partial charge in [0.05, 0.1) is 18.2 Å². The molecule has 0 spiro atoms. The second-order valence-electron chi connectivity index (χ2n) is 6.65. The molecule has 136 valence electrons. The zero-order chi connectivity index (χ0) is 18.1. The van der Waals surface area contributed by atoms with Gasteiger partial charge in [0.2, 0.25) is 11.8 Å². The summed E-state index contributed by atoms with van der Waals surface area (Å²) < 4.78 is 5.24. The first kappa shape index (κ1) is 17.1. The van der Waals surface area contributed by atoms with E-state index in [0.29, 0.717) is 11.3 Å². The molecule has 2 atom stereocenters. The van der Waals surface area contributed by atoms with Gasteiger partial charge < -0.3 is 9.84 Å². The maximum atomic E-state index is 12.6. The molecule has 1 N–H and O–H groups in total. The van der Waals surface area contributed by atoms with Gasteiger partial charge in [-0.3, -0.25) is 19.3 Å². The average molecular weight is 373 g/mol. The van der Waals surface area contributed by atoms with Gasteiger partial charge in [0.15, 0.2) is 5.58 Å². The Labute approximate surface area is 154 Å². The van der Waals surface area contributed by atoms with Crippen molar-refractivity contribution in [2.24, 2.45) is 0 Å². The Balaban J connectivity index is 1.47. The maximum Gasteiger partial charge on any atom is 0.289 e. The van der Waals surface area contributed by atoms with Gasteiger partial charge in [0, 0.05) is 11.4 Å². The predicted octanol–water partition coefficient (Wildman–Crippen LogP) is 2.49. The number of nitrogens with zero attached hydrogens (tertiary/aromatic N) is 2. The fraction of sp³-hybridized carbons (Fsp3) is 0.444. The first-order chi connectivity index (χ1) is 12.6. The monoisotopic (exact) mass is 373 g/mol. The van der Waals surface area contributed by atoms with Crippen molar-refractivity contribution in [2.75, 3.05) is 5.75 Å². The fourth-order valence-corrected chi connectivity index (χ4v) is 4.51. The Morgan fingerprint density at radius 2 is 2.08 bits per heavy atom. The molecule has 2 aliphatic rings. The quantitative estimate of drug-likeness (QED) is 0.885. The van der Waals surface area contributed by atoms with Gasteiger partial charge in [0.25, 0.3) is 5.24 Å². The molecule has 1 aliphatic heterocycles. The summed E-state index contributed by atoms with van der Waals surface area (Å²) in [6, 6.07) is 6.95. The van der Waals surface area contributed by atoms with Crippen LogP contribution < -0.4 is 5.32 Å². The first-order valence-corrected chi connectivity index (χ1v) is 9.73. The molecule has 1 aliphatic carbocycles. The lowest BCUT2D eigenvalue weighted by atomic mass is 9.89. The molecular formula is C18H19N3O4S. The molecule has 2 aromatic rings. The molecule has 7 nitrogen and oxygen atoms in total. The number of nitrogens with one attached hydrogen (secondary N) is 1. The van der Waals surface area contributed by atoms with Crippen LogP contribution in [0.25, 0.3) is 11.0 Å². The van der Waals surface area contributed by atoms with Crippen molar-refractivity contribution < 1.29 is 18.9 Å². The number of hydrogen-bond acceptors (Lipinski definition) is 6. The van der Waals surface area contributed by atoms with Crippen LogP contribution in [0.3, 0.4) is 0 Å². The lowest BCUT2D eigenvalue weighted by molar-refractivity contribution is -0.129. The topological polar surface area (TPSA) is 92.5 Å². The maximum absolute atomic E-state index is 12.6. The van der Waals surface area contributed by atoms with Crippen molar-refractivity contribution in [3.63, 3.8) is 0 Å². The van der Waals surface area contributed by atoms with Crippen LogP contribution in [-0.2, 0) is 16.0 Å². The summed E-state index contributed by atoms with van der Waals surface area (Å²) in [6.45, 7) is 0. The number of amides is 3. The van der Waals surface area contributed by atoms with Crippen LogP contribution in [-0.4, -0.2) is 44.9 Å². The molecule has 2 fully saturated rings. The van der Waals surface area contributed by atoms with Crippen LogP contribution in [0.2, 0.25) is 0 Å². The molecule has 4 rings (SSSR count). The highest BCUT2D eigenvalue weighted by Gasteiger charge is 2.41. The Kier molecular flexibility index (Phi) is 4.67. The minimum atomic E-state index is -0.253. The van der Waals surface area contributed by atoms with Crippen molar-refractivity contribution in [3.8, 4) is 0 Å². The standard InChI is InChI=1S/C18H19N3O4S/c22-16(9-13-11-5-1-4-8-15(11)25-20-13)19-12-6-2-3-7-14(12)21-17(23)10-26-18(21)24/h1,4-5,8,12,14H,2-3,6-7,9-10H2,(H,19,22)/t12-,14-/m0/s1. The molecular weight excluding hydrogens is 354 g/mol. The number of carbonyl (C=O) groups excluding carboxylic acids is 3.